The first-order chi connectivity index (χ1) is 14.9. The number of benzene rings is 2. The largest absolute Gasteiger partial charge is 0.489 e. The average molecular weight is 417 g/mol. The van der Waals surface area contributed by atoms with E-state index in [9.17, 15) is 9.90 Å². The van der Waals surface area contributed by atoms with E-state index in [0.29, 0.717) is 17.9 Å². The van der Waals surface area contributed by atoms with E-state index in [2.05, 4.69) is 25.6 Å². The maximum absolute atomic E-state index is 11.2. The number of furan rings is 1. The Morgan fingerprint density at radius 2 is 1.97 bits per heavy atom. The SMILES string of the molecule is C=C/C=C(\C=C(C)C)c1cc(COc2cc(CC)ccc2CC(=O)O)cc2ccoc12. The number of allylic oxidation sites excluding steroid dienone is 5. The minimum absolute atomic E-state index is 0.0713. The number of carboxylic acid groups (broad SMARTS) is 1. The molecule has 0 unspecified atom stereocenters. The van der Waals surface area contributed by atoms with Gasteiger partial charge < -0.3 is 14.3 Å². The van der Waals surface area contributed by atoms with Crippen LogP contribution in [0.25, 0.3) is 16.5 Å². The molecule has 4 nitrogen and oxygen atoms in total. The molecule has 3 rings (SSSR count). The summed E-state index contributed by atoms with van der Waals surface area (Å²) < 4.78 is 11.9. The van der Waals surface area contributed by atoms with Crippen molar-refractivity contribution >= 4 is 22.5 Å². The van der Waals surface area contributed by atoms with Gasteiger partial charge in [-0.3, -0.25) is 4.79 Å². The van der Waals surface area contributed by atoms with Crippen LogP contribution in [0.4, 0.5) is 0 Å². The lowest BCUT2D eigenvalue weighted by Gasteiger charge is -2.14. The van der Waals surface area contributed by atoms with Gasteiger partial charge in [-0.05, 0) is 61.2 Å². The first kappa shape index (κ1) is 22.2. The second-order valence-corrected chi connectivity index (χ2v) is 7.72. The number of ether oxygens (including phenoxy) is 1. The highest BCUT2D eigenvalue weighted by Crippen LogP contribution is 2.31. The molecule has 160 valence electrons. The number of hydrogen-bond donors (Lipinski definition) is 1. The van der Waals surface area contributed by atoms with Gasteiger partial charge in [-0.25, -0.2) is 0 Å². The minimum atomic E-state index is -0.878. The number of fused-ring (bicyclic) bond motifs is 1. The fourth-order valence-electron chi connectivity index (χ4n) is 3.52. The van der Waals surface area contributed by atoms with Gasteiger partial charge in [0.1, 0.15) is 17.9 Å². The van der Waals surface area contributed by atoms with Gasteiger partial charge in [-0.1, -0.05) is 49.4 Å². The highest BCUT2D eigenvalue weighted by Gasteiger charge is 2.13. The number of hydrogen-bond acceptors (Lipinski definition) is 3. The second-order valence-electron chi connectivity index (χ2n) is 7.72. The Balaban J connectivity index is 1.98. The van der Waals surface area contributed by atoms with E-state index >= 15 is 0 Å². The van der Waals surface area contributed by atoms with Gasteiger partial charge >= 0.3 is 5.97 Å². The topological polar surface area (TPSA) is 59.7 Å². The van der Waals surface area contributed by atoms with Crippen LogP contribution in [0, 0.1) is 0 Å². The van der Waals surface area contributed by atoms with E-state index in [1.54, 1.807) is 12.3 Å². The van der Waals surface area contributed by atoms with Gasteiger partial charge in [0.15, 0.2) is 0 Å². The van der Waals surface area contributed by atoms with Crippen LogP contribution >= 0.6 is 0 Å². The third kappa shape index (κ3) is 5.54. The molecule has 0 radical (unpaired) electrons. The van der Waals surface area contributed by atoms with Crippen LogP contribution in [-0.2, 0) is 24.2 Å². The predicted octanol–water partition coefficient (Wildman–Crippen LogP) is 6.74. The Hall–Kier alpha value is -3.53. The van der Waals surface area contributed by atoms with Gasteiger partial charge in [0, 0.05) is 16.5 Å². The zero-order chi connectivity index (χ0) is 22.4. The summed E-state index contributed by atoms with van der Waals surface area (Å²) in [5, 5.41) is 10.2. The Morgan fingerprint density at radius 3 is 2.65 bits per heavy atom. The quantitative estimate of drug-likeness (QED) is 0.393. The molecule has 1 heterocycles. The Bertz CT molecular complexity index is 1160. The fourth-order valence-corrected chi connectivity index (χ4v) is 3.52. The zero-order valence-electron chi connectivity index (χ0n) is 18.3. The van der Waals surface area contributed by atoms with Crippen LogP contribution in [0.15, 0.2) is 77.5 Å². The van der Waals surface area contributed by atoms with Crippen LogP contribution in [0.1, 0.15) is 43.0 Å². The van der Waals surface area contributed by atoms with Gasteiger partial charge in [-0.2, -0.15) is 0 Å². The molecule has 0 aliphatic carbocycles. The smallest absolute Gasteiger partial charge is 0.307 e. The van der Waals surface area contributed by atoms with Crippen LogP contribution < -0.4 is 4.74 Å². The van der Waals surface area contributed by atoms with Crippen LogP contribution in [-0.4, -0.2) is 11.1 Å². The van der Waals surface area contributed by atoms with E-state index in [-0.39, 0.29) is 6.42 Å². The van der Waals surface area contributed by atoms with Crippen molar-refractivity contribution in [2.45, 2.75) is 40.2 Å². The molecular weight excluding hydrogens is 388 g/mol. The Kier molecular flexibility index (Phi) is 7.14. The van der Waals surface area contributed by atoms with Crippen molar-refractivity contribution in [3.8, 4) is 5.75 Å². The lowest BCUT2D eigenvalue weighted by molar-refractivity contribution is -0.136. The molecule has 3 aromatic rings. The number of aryl methyl sites for hydroxylation is 1. The van der Waals surface area contributed by atoms with E-state index in [0.717, 1.165) is 39.7 Å². The maximum Gasteiger partial charge on any atom is 0.307 e. The molecule has 0 aliphatic rings. The monoisotopic (exact) mass is 416 g/mol. The minimum Gasteiger partial charge on any atom is -0.489 e. The summed E-state index contributed by atoms with van der Waals surface area (Å²) in [6.07, 6.45) is 8.29. The lowest BCUT2D eigenvalue weighted by atomic mass is 9.98. The summed E-state index contributed by atoms with van der Waals surface area (Å²) in [5.74, 6) is -0.265. The van der Waals surface area contributed by atoms with Gasteiger partial charge in [-0.15, -0.1) is 0 Å². The summed E-state index contributed by atoms with van der Waals surface area (Å²) in [4.78, 5) is 11.2. The Morgan fingerprint density at radius 1 is 1.16 bits per heavy atom. The van der Waals surface area contributed by atoms with Crippen molar-refractivity contribution in [3.63, 3.8) is 0 Å². The first-order valence-electron chi connectivity index (χ1n) is 10.4. The molecule has 0 saturated heterocycles. The third-order valence-electron chi connectivity index (χ3n) is 4.94. The van der Waals surface area contributed by atoms with Crippen LogP contribution in [0.5, 0.6) is 5.75 Å². The van der Waals surface area contributed by atoms with Crippen molar-refractivity contribution in [3.05, 3.63) is 95.3 Å². The molecule has 0 spiro atoms. The molecule has 0 saturated carbocycles. The highest BCUT2D eigenvalue weighted by molar-refractivity contribution is 5.93. The van der Waals surface area contributed by atoms with Crippen molar-refractivity contribution in [2.24, 2.45) is 0 Å². The predicted molar refractivity (Wildman–Crippen MR) is 125 cm³/mol. The summed E-state index contributed by atoms with van der Waals surface area (Å²) >= 11 is 0. The maximum atomic E-state index is 11.2. The van der Waals surface area contributed by atoms with Crippen LogP contribution in [0.2, 0.25) is 0 Å². The molecular formula is C27H28O4. The van der Waals surface area contributed by atoms with E-state index in [1.165, 1.54) is 5.57 Å². The lowest BCUT2D eigenvalue weighted by Crippen LogP contribution is -2.05. The molecule has 0 aliphatic heterocycles. The second kappa shape index (κ2) is 9.98. The number of carbonyl (C=O) groups is 1. The summed E-state index contributed by atoms with van der Waals surface area (Å²) in [6, 6.07) is 11.8. The standard InChI is InChI=1S/C27H28O4/c1-5-7-21(12-18(3)4)24-14-20(13-23-10-11-30-27(23)24)17-31-25-15-19(6-2)8-9-22(25)16-26(28)29/h5,7-15H,1,6,16-17H2,2-4H3,(H,28,29)/b21-7+. The van der Waals surface area contributed by atoms with Crippen LogP contribution in [0.3, 0.4) is 0 Å². The first-order valence-corrected chi connectivity index (χ1v) is 10.4. The number of aliphatic carboxylic acids is 1. The number of carboxylic acids is 1. The summed E-state index contributed by atoms with van der Waals surface area (Å²) in [6.45, 7) is 10.3. The number of rotatable bonds is 9. The van der Waals surface area contributed by atoms with Gasteiger partial charge in [0.05, 0.1) is 12.7 Å². The van der Waals surface area contributed by atoms with Gasteiger partial charge in [0.2, 0.25) is 0 Å². The zero-order valence-corrected chi connectivity index (χ0v) is 18.3. The molecule has 1 aromatic heterocycles. The van der Waals surface area contributed by atoms with Crippen molar-refractivity contribution in [2.75, 3.05) is 0 Å². The van der Waals surface area contributed by atoms with E-state index in [4.69, 9.17) is 9.15 Å². The Labute approximate surface area is 183 Å². The molecule has 1 N–H and O–H groups in total. The molecule has 0 atom stereocenters. The van der Waals surface area contributed by atoms with Crippen molar-refractivity contribution < 1.29 is 19.1 Å². The molecule has 31 heavy (non-hydrogen) atoms. The summed E-state index contributed by atoms with van der Waals surface area (Å²) in [7, 11) is 0. The molecule has 4 heteroatoms. The van der Waals surface area contributed by atoms with E-state index < -0.39 is 5.97 Å². The summed E-state index contributed by atoms with van der Waals surface area (Å²) in [5.41, 5.74) is 6.72. The molecule has 2 aromatic carbocycles. The average Bonchev–Trinajstić information content (AvgIpc) is 3.20. The molecule has 0 amide bonds. The van der Waals surface area contributed by atoms with Gasteiger partial charge in [0.25, 0.3) is 0 Å². The van der Waals surface area contributed by atoms with E-state index in [1.807, 2.05) is 50.3 Å². The van der Waals surface area contributed by atoms with Crippen molar-refractivity contribution in [1.82, 2.24) is 0 Å². The normalized spacial score (nSPS) is 11.4. The third-order valence-corrected chi connectivity index (χ3v) is 4.94. The molecule has 0 bridgehead atoms. The highest BCUT2D eigenvalue weighted by atomic mass is 16.5. The van der Waals surface area contributed by atoms with Crippen molar-refractivity contribution in [1.29, 1.82) is 0 Å². The fraction of sp³-hybridized carbons (Fsp3) is 0.222. The molecule has 0 fully saturated rings.